The number of para-hydroxylation sites is 1. The zero-order valence-corrected chi connectivity index (χ0v) is 12.9. The van der Waals surface area contributed by atoms with Crippen LogP contribution in [-0.4, -0.2) is 22.6 Å². The van der Waals surface area contributed by atoms with Gasteiger partial charge in [0.2, 0.25) is 0 Å². The van der Waals surface area contributed by atoms with Gasteiger partial charge in [-0.05, 0) is 43.4 Å². The SMILES string of the molecule is O=C(Oc1ccccc1)C1=CSC2=NC3=C(CCCC3)CN12. The minimum Gasteiger partial charge on any atom is -0.422 e. The van der Waals surface area contributed by atoms with Crippen molar-refractivity contribution in [3.05, 3.63) is 52.7 Å². The largest absolute Gasteiger partial charge is 0.422 e. The van der Waals surface area contributed by atoms with Crippen LogP contribution in [0.4, 0.5) is 0 Å². The number of rotatable bonds is 2. The van der Waals surface area contributed by atoms with E-state index < -0.39 is 0 Å². The maximum Gasteiger partial charge on any atom is 0.360 e. The van der Waals surface area contributed by atoms with Gasteiger partial charge in [0.1, 0.15) is 11.4 Å². The summed E-state index contributed by atoms with van der Waals surface area (Å²) in [6.07, 6.45) is 4.60. The second kappa shape index (κ2) is 5.65. The van der Waals surface area contributed by atoms with Gasteiger partial charge in [-0.3, -0.25) is 0 Å². The van der Waals surface area contributed by atoms with Crippen molar-refractivity contribution in [1.82, 2.24) is 4.90 Å². The van der Waals surface area contributed by atoms with Crippen molar-refractivity contribution >= 4 is 22.9 Å². The number of fused-ring (bicyclic) bond motifs is 1. The molecule has 0 amide bonds. The molecule has 112 valence electrons. The first-order valence-electron chi connectivity index (χ1n) is 7.52. The molecule has 4 rings (SSSR count). The molecule has 0 bridgehead atoms. The Morgan fingerprint density at radius 1 is 1.18 bits per heavy atom. The molecular formula is C17H16N2O2S. The van der Waals surface area contributed by atoms with Gasteiger partial charge < -0.3 is 9.64 Å². The molecule has 2 heterocycles. The lowest BCUT2D eigenvalue weighted by atomic mass is 9.95. The number of benzene rings is 1. The molecule has 0 fully saturated rings. The second-order valence-electron chi connectivity index (χ2n) is 5.56. The number of aliphatic imine (C=N–C) groups is 1. The highest BCUT2D eigenvalue weighted by molar-refractivity contribution is 8.16. The van der Waals surface area contributed by atoms with Crippen LogP contribution in [0.3, 0.4) is 0 Å². The third kappa shape index (κ3) is 2.46. The van der Waals surface area contributed by atoms with Crippen molar-refractivity contribution < 1.29 is 9.53 Å². The molecule has 0 atom stereocenters. The number of hydrogen-bond donors (Lipinski definition) is 0. The molecule has 1 aliphatic carbocycles. The van der Waals surface area contributed by atoms with E-state index in [0.29, 0.717) is 11.4 Å². The summed E-state index contributed by atoms with van der Waals surface area (Å²) in [7, 11) is 0. The van der Waals surface area contributed by atoms with Gasteiger partial charge in [0.05, 0.1) is 0 Å². The number of thioether (sulfide) groups is 1. The molecule has 3 aliphatic rings. The molecule has 0 aromatic heterocycles. The summed E-state index contributed by atoms with van der Waals surface area (Å²) in [5.41, 5.74) is 3.19. The lowest BCUT2D eigenvalue weighted by molar-refractivity contribution is -0.131. The van der Waals surface area contributed by atoms with Gasteiger partial charge in [0.25, 0.3) is 0 Å². The van der Waals surface area contributed by atoms with Crippen LogP contribution in [-0.2, 0) is 4.79 Å². The van der Waals surface area contributed by atoms with Gasteiger partial charge in [-0.1, -0.05) is 30.0 Å². The molecule has 22 heavy (non-hydrogen) atoms. The maximum atomic E-state index is 12.4. The van der Waals surface area contributed by atoms with Crippen LogP contribution in [0, 0.1) is 0 Å². The molecule has 0 saturated carbocycles. The quantitative estimate of drug-likeness (QED) is 0.617. The first-order chi connectivity index (χ1) is 10.8. The van der Waals surface area contributed by atoms with Crippen LogP contribution >= 0.6 is 11.8 Å². The molecular weight excluding hydrogens is 296 g/mol. The van der Waals surface area contributed by atoms with E-state index in [9.17, 15) is 4.79 Å². The van der Waals surface area contributed by atoms with Crippen molar-refractivity contribution in [2.24, 2.45) is 4.99 Å². The number of amidine groups is 1. The first kappa shape index (κ1) is 13.6. The third-order valence-electron chi connectivity index (χ3n) is 4.09. The second-order valence-corrected chi connectivity index (χ2v) is 6.40. The number of carbonyl (C=O) groups is 1. The highest BCUT2D eigenvalue weighted by Crippen LogP contribution is 2.37. The third-order valence-corrected chi connectivity index (χ3v) is 4.95. The minimum absolute atomic E-state index is 0.316. The molecule has 1 aromatic carbocycles. The number of hydrogen-bond acceptors (Lipinski definition) is 5. The number of esters is 1. The fourth-order valence-corrected chi connectivity index (χ4v) is 3.84. The Labute approximate surface area is 133 Å². The standard InChI is InChI=1S/C17H16N2O2S/c20-16(21-13-7-2-1-3-8-13)15-11-22-17-18-14-9-5-4-6-12(14)10-19(15)17/h1-3,7-8,11H,4-6,9-10H2. The maximum absolute atomic E-state index is 12.4. The number of ether oxygens (including phenoxy) is 1. The summed E-state index contributed by atoms with van der Waals surface area (Å²) in [4.78, 5) is 19.1. The fourth-order valence-electron chi connectivity index (χ4n) is 2.95. The molecule has 4 nitrogen and oxygen atoms in total. The van der Waals surface area contributed by atoms with Gasteiger partial charge in [-0.15, -0.1) is 0 Å². The molecule has 2 aliphatic heterocycles. The molecule has 0 saturated heterocycles. The normalized spacial score (nSPS) is 20.1. The Morgan fingerprint density at radius 3 is 2.86 bits per heavy atom. The van der Waals surface area contributed by atoms with Crippen LogP contribution in [0.2, 0.25) is 0 Å². The van der Waals surface area contributed by atoms with Crippen LogP contribution < -0.4 is 4.74 Å². The minimum atomic E-state index is -0.316. The molecule has 5 heteroatoms. The van der Waals surface area contributed by atoms with Crippen molar-refractivity contribution in [3.63, 3.8) is 0 Å². The van der Waals surface area contributed by atoms with E-state index >= 15 is 0 Å². The topological polar surface area (TPSA) is 41.9 Å². The number of nitrogens with zero attached hydrogens (tertiary/aromatic N) is 2. The van der Waals surface area contributed by atoms with Crippen LogP contribution in [0.1, 0.15) is 25.7 Å². The molecule has 0 unspecified atom stereocenters. The highest BCUT2D eigenvalue weighted by Gasteiger charge is 2.33. The predicted molar refractivity (Wildman–Crippen MR) is 87.4 cm³/mol. The van der Waals surface area contributed by atoms with Crippen molar-refractivity contribution in [1.29, 1.82) is 0 Å². The van der Waals surface area contributed by atoms with Crippen molar-refractivity contribution in [2.45, 2.75) is 25.7 Å². The van der Waals surface area contributed by atoms with Gasteiger partial charge in [0.15, 0.2) is 5.17 Å². The van der Waals surface area contributed by atoms with E-state index in [1.807, 2.05) is 28.5 Å². The smallest absolute Gasteiger partial charge is 0.360 e. The zero-order valence-electron chi connectivity index (χ0n) is 12.1. The summed E-state index contributed by atoms with van der Waals surface area (Å²) in [5.74, 6) is 0.252. The number of carbonyl (C=O) groups excluding carboxylic acids is 1. The molecule has 0 spiro atoms. The summed E-state index contributed by atoms with van der Waals surface area (Å²) in [6, 6.07) is 9.18. The van der Waals surface area contributed by atoms with Gasteiger partial charge in [-0.25, -0.2) is 9.79 Å². The molecule has 0 N–H and O–H groups in total. The lowest BCUT2D eigenvalue weighted by Crippen LogP contribution is -2.35. The average molecular weight is 312 g/mol. The van der Waals surface area contributed by atoms with E-state index in [4.69, 9.17) is 9.73 Å². The summed E-state index contributed by atoms with van der Waals surface area (Å²) < 4.78 is 5.45. The van der Waals surface area contributed by atoms with E-state index in [0.717, 1.165) is 24.6 Å². The van der Waals surface area contributed by atoms with E-state index in [2.05, 4.69) is 0 Å². The van der Waals surface area contributed by atoms with Crippen molar-refractivity contribution in [2.75, 3.05) is 6.54 Å². The summed E-state index contributed by atoms with van der Waals surface area (Å²) in [6.45, 7) is 0.775. The van der Waals surface area contributed by atoms with E-state index in [-0.39, 0.29) is 5.97 Å². The van der Waals surface area contributed by atoms with Gasteiger partial charge >= 0.3 is 5.97 Å². The van der Waals surface area contributed by atoms with E-state index in [1.54, 1.807) is 12.1 Å². The van der Waals surface area contributed by atoms with Crippen molar-refractivity contribution in [3.8, 4) is 5.75 Å². The van der Waals surface area contributed by atoms with Gasteiger partial charge in [-0.2, -0.15) is 0 Å². The monoisotopic (exact) mass is 312 g/mol. The Bertz CT molecular complexity index is 707. The Kier molecular flexibility index (Phi) is 3.50. The van der Waals surface area contributed by atoms with Crippen LogP contribution in [0.5, 0.6) is 5.75 Å². The predicted octanol–water partition coefficient (Wildman–Crippen LogP) is 3.68. The van der Waals surface area contributed by atoms with Gasteiger partial charge in [0, 0.05) is 17.6 Å². The zero-order chi connectivity index (χ0) is 14.9. The highest BCUT2D eigenvalue weighted by atomic mass is 32.2. The van der Waals surface area contributed by atoms with E-state index in [1.165, 1.54) is 35.9 Å². The molecule has 1 aromatic rings. The Balaban J connectivity index is 1.52. The van der Waals surface area contributed by atoms with Crippen LogP contribution in [0.25, 0.3) is 0 Å². The lowest BCUT2D eigenvalue weighted by Gasteiger charge is -2.30. The van der Waals surface area contributed by atoms with Crippen LogP contribution in [0.15, 0.2) is 57.7 Å². The Hall–Kier alpha value is -2.01. The summed E-state index contributed by atoms with van der Waals surface area (Å²) >= 11 is 1.51. The summed E-state index contributed by atoms with van der Waals surface area (Å²) in [5, 5.41) is 2.75. The average Bonchev–Trinajstić information content (AvgIpc) is 2.96. The Morgan fingerprint density at radius 2 is 2.00 bits per heavy atom. The number of allylic oxidation sites excluding steroid dienone is 1. The molecule has 0 radical (unpaired) electrons. The first-order valence-corrected chi connectivity index (χ1v) is 8.40. The fraction of sp³-hybridized carbons (Fsp3) is 0.294.